The van der Waals surface area contributed by atoms with Gasteiger partial charge in [0.1, 0.15) is 17.4 Å². The molecule has 0 bridgehead atoms. The number of halogens is 1. The molecule has 0 aliphatic carbocycles. The Morgan fingerprint density at radius 2 is 2.35 bits per heavy atom. The first-order valence-corrected chi connectivity index (χ1v) is 5.91. The van der Waals surface area contributed by atoms with Crippen molar-refractivity contribution in [1.82, 2.24) is 10.2 Å². The highest BCUT2D eigenvalue weighted by molar-refractivity contribution is 6.07. The number of nitrogens with two attached hydrogens (primary N) is 1. The number of amides is 1. The molecule has 6 nitrogen and oxygen atoms in total. The SMILES string of the molecule is CCc1[nH]nc(C(=O)Nc2cccc(F)c2C#N)c1N. The van der Waals surface area contributed by atoms with E-state index < -0.39 is 11.7 Å². The van der Waals surface area contributed by atoms with E-state index >= 15 is 0 Å². The molecule has 7 heteroatoms. The molecular weight excluding hydrogens is 261 g/mol. The van der Waals surface area contributed by atoms with Gasteiger partial charge in [0.25, 0.3) is 5.91 Å². The summed E-state index contributed by atoms with van der Waals surface area (Å²) in [5.74, 6) is -1.30. The topological polar surface area (TPSA) is 108 Å². The van der Waals surface area contributed by atoms with Gasteiger partial charge in [-0.1, -0.05) is 13.0 Å². The Morgan fingerprint density at radius 1 is 1.60 bits per heavy atom. The van der Waals surface area contributed by atoms with Crippen molar-refractivity contribution in [2.45, 2.75) is 13.3 Å². The normalized spacial score (nSPS) is 10.1. The molecule has 102 valence electrons. The maximum atomic E-state index is 13.4. The maximum absolute atomic E-state index is 13.4. The van der Waals surface area contributed by atoms with Gasteiger partial charge in [0.15, 0.2) is 5.69 Å². The second-order valence-corrected chi connectivity index (χ2v) is 4.05. The smallest absolute Gasteiger partial charge is 0.278 e. The van der Waals surface area contributed by atoms with Crippen molar-refractivity contribution in [2.24, 2.45) is 0 Å². The fourth-order valence-corrected chi connectivity index (χ4v) is 1.75. The second kappa shape index (κ2) is 5.40. The number of carbonyl (C=O) groups excluding carboxylic acids is 1. The van der Waals surface area contributed by atoms with E-state index in [4.69, 9.17) is 11.0 Å². The number of rotatable bonds is 3. The lowest BCUT2D eigenvalue weighted by Crippen LogP contribution is -2.15. The molecule has 0 aliphatic rings. The van der Waals surface area contributed by atoms with Gasteiger partial charge >= 0.3 is 0 Å². The van der Waals surface area contributed by atoms with Crippen molar-refractivity contribution >= 4 is 17.3 Å². The monoisotopic (exact) mass is 273 g/mol. The Hall–Kier alpha value is -2.88. The van der Waals surface area contributed by atoms with Gasteiger partial charge < -0.3 is 11.1 Å². The number of aromatic amines is 1. The molecule has 0 fully saturated rings. The standard InChI is InChI=1S/C13H12FN5O/c1-2-9-11(16)12(19-18-9)13(20)17-10-5-3-4-8(14)7(10)6-15/h3-5H,2,16H2,1H3,(H,17,20)(H,18,19). The Morgan fingerprint density at radius 3 is 2.95 bits per heavy atom. The van der Waals surface area contributed by atoms with Crippen molar-refractivity contribution in [3.63, 3.8) is 0 Å². The summed E-state index contributed by atoms with van der Waals surface area (Å²) in [6.45, 7) is 1.87. The van der Waals surface area contributed by atoms with E-state index in [1.807, 2.05) is 6.92 Å². The predicted molar refractivity (Wildman–Crippen MR) is 71.4 cm³/mol. The third-order valence-corrected chi connectivity index (χ3v) is 2.83. The molecular formula is C13H12FN5O. The van der Waals surface area contributed by atoms with E-state index in [-0.39, 0.29) is 22.6 Å². The van der Waals surface area contributed by atoms with Gasteiger partial charge in [0.2, 0.25) is 0 Å². The number of nitrogens with one attached hydrogen (secondary N) is 2. The minimum absolute atomic E-state index is 0.0231. The Kier molecular flexibility index (Phi) is 3.66. The van der Waals surface area contributed by atoms with E-state index in [2.05, 4.69) is 15.5 Å². The van der Waals surface area contributed by atoms with Crippen LogP contribution in [0.25, 0.3) is 0 Å². The molecule has 0 saturated heterocycles. The van der Waals surface area contributed by atoms with Crippen LogP contribution in [0.1, 0.15) is 28.7 Å². The number of aromatic nitrogens is 2. The first-order chi connectivity index (χ1) is 9.58. The lowest BCUT2D eigenvalue weighted by atomic mass is 10.1. The molecule has 1 aromatic carbocycles. The van der Waals surface area contributed by atoms with E-state index in [1.54, 1.807) is 6.07 Å². The highest BCUT2D eigenvalue weighted by atomic mass is 19.1. The van der Waals surface area contributed by atoms with Gasteiger partial charge in [-0.05, 0) is 18.6 Å². The molecule has 1 heterocycles. The summed E-state index contributed by atoms with van der Waals surface area (Å²) in [7, 11) is 0. The van der Waals surface area contributed by atoms with Crippen molar-refractivity contribution in [3.05, 3.63) is 41.0 Å². The highest BCUT2D eigenvalue weighted by Gasteiger charge is 2.18. The molecule has 1 aromatic heterocycles. The molecule has 20 heavy (non-hydrogen) atoms. The van der Waals surface area contributed by atoms with E-state index in [0.717, 1.165) is 6.07 Å². The molecule has 0 atom stereocenters. The lowest BCUT2D eigenvalue weighted by molar-refractivity contribution is 0.102. The highest BCUT2D eigenvalue weighted by Crippen LogP contribution is 2.20. The minimum atomic E-state index is -0.699. The Labute approximate surface area is 114 Å². The van der Waals surface area contributed by atoms with Gasteiger partial charge in [-0.25, -0.2) is 4.39 Å². The molecule has 2 aromatic rings. The zero-order valence-electron chi connectivity index (χ0n) is 10.7. The van der Waals surface area contributed by atoms with Crippen molar-refractivity contribution in [1.29, 1.82) is 5.26 Å². The quantitative estimate of drug-likeness (QED) is 0.792. The number of H-pyrrole nitrogens is 1. The van der Waals surface area contributed by atoms with Gasteiger partial charge in [-0.2, -0.15) is 10.4 Å². The molecule has 2 rings (SSSR count). The third kappa shape index (κ3) is 2.31. The summed E-state index contributed by atoms with van der Waals surface area (Å²) >= 11 is 0. The van der Waals surface area contributed by atoms with Gasteiger partial charge in [-0.15, -0.1) is 0 Å². The summed E-state index contributed by atoms with van der Waals surface area (Å²) < 4.78 is 13.4. The fraction of sp³-hybridized carbons (Fsp3) is 0.154. The van der Waals surface area contributed by atoms with Crippen LogP contribution in [0.15, 0.2) is 18.2 Å². The number of carbonyl (C=O) groups is 1. The molecule has 0 saturated carbocycles. The number of anilines is 2. The number of hydrogen-bond acceptors (Lipinski definition) is 4. The van der Waals surface area contributed by atoms with Crippen molar-refractivity contribution in [3.8, 4) is 6.07 Å². The van der Waals surface area contributed by atoms with Crippen LogP contribution in [0, 0.1) is 17.1 Å². The third-order valence-electron chi connectivity index (χ3n) is 2.83. The van der Waals surface area contributed by atoms with E-state index in [0.29, 0.717) is 12.1 Å². The zero-order valence-corrected chi connectivity index (χ0v) is 10.7. The van der Waals surface area contributed by atoms with Crippen LogP contribution in [0.2, 0.25) is 0 Å². The molecule has 0 radical (unpaired) electrons. The number of benzene rings is 1. The first kappa shape index (κ1) is 13.5. The first-order valence-electron chi connectivity index (χ1n) is 5.91. The molecule has 1 amide bonds. The molecule has 4 N–H and O–H groups in total. The van der Waals surface area contributed by atoms with E-state index in [9.17, 15) is 9.18 Å². The number of nitrogen functional groups attached to an aromatic ring is 1. The van der Waals surface area contributed by atoms with Crippen LogP contribution in [-0.2, 0) is 6.42 Å². The van der Waals surface area contributed by atoms with Crippen LogP contribution >= 0.6 is 0 Å². The summed E-state index contributed by atoms with van der Waals surface area (Å²) in [6.07, 6.45) is 0.607. The maximum Gasteiger partial charge on any atom is 0.278 e. The Bertz CT molecular complexity index is 701. The van der Waals surface area contributed by atoms with Gasteiger partial charge in [0, 0.05) is 0 Å². The predicted octanol–water partition coefficient (Wildman–Crippen LogP) is 1.82. The average molecular weight is 273 g/mol. The summed E-state index contributed by atoms with van der Waals surface area (Å²) in [5, 5.41) is 17.8. The van der Waals surface area contributed by atoms with Crippen LogP contribution in [0.5, 0.6) is 0 Å². The van der Waals surface area contributed by atoms with Crippen LogP contribution in [0.3, 0.4) is 0 Å². The number of nitrogens with zero attached hydrogens (tertiary/aromatic N) is 2. The zero-order chi connectivity index (χ0) is 14.7. The van der Waals surface area contributed by atoms with Crippen LogP contribution < -0.4 is 11.1 Å². The summed E-state index contributed by atoms with van der Waals surface area (Å²) in [4.78, 5) is 12.0. The Balaban J connectivity index is 2.31. The molecule has 0 unspecified atom stereocenters. The van der Waals surface area contributed by atoms with Crippen molar-refractivity contribution in [2.75, 3.05) is 11.1 Å². The average Bonchev–Trinajstić information content (AvgIpc) is 2.80. The van der Waals surface area contributed by atoms with E-state index in [1.165, 1.54) is 12.1 Å². The molecule has 0 aliphatic heterocycles. The summed E-state index contributed by atoms with van der Waals surface area (Å²) in [6, 6.07) is 5.68. The largest absolute Gasteiger partial charge is 0.395 e. The second-order valence-electron chi connectivity index (χ2n) is 4.05. The van der Waals surface area contributed by atoms with Gasteiger partial charge in [-0.3, -0.25) is 9.89 Å². The molecule has 0 spiro atoms. The minimum Gasteiger partial charge on any atom is -0.395 e. The number of hydrogen-bond donors (Lipinski definition) is 3. The fourth-order valence-electron chi connectivity index (χ4n) is 1.75. The van der Waals surface area contributed by atoms with Crippen LogP contribution in [0.4, 0.5) is 15.8 Å². The van der Waals surface area contributed by atoms with Crippen molar-refractivity contribution < 1.29 is 9.18 Å². The summed E-state index contributed by atoms with van der Waals surface area (Å²) in [5.41, 5.74) is 6.55. The number of nitriles is 1. The van der Waals surface area contributed by atoms with Gasteiger partial charge in [0.05, 0.1) is 17.1 Å². The number of aryl methyl sites for hydroxylation is 1. The van der Waals surface area contributed by atoms with Crippen LogP contribution in [-0.4, -0.2) is 16.1 Å². The lowest BCUT2D eigenvalue weighted by Gasteiger charge is -2.06.